The number of esters is 1. The summed E-state index contributed by atoms with van der Waals surface area (Å²) in [6.45, 7) is 4.11. The monoisotopic (exact) mass is 388 g/mol. The maximum absolute atomic E-state index is 13.9. The molecule has 5 heteroatoms. The van der Waals surface area contributed by atoms with E-state index in [9.17, 15) is 18.4 Å². The number of carbonyl (C=O) groups is 2. The van der Waals surface area contributed by atoms with E-state index >= 15 is 0 Å². The summed E-state index contributed by atoms with van der Waals surface area (Å²) >= 11 is 0. The van der Waals surface area contributed by atoms with Gasteiger partial charge in [-0.3, -0.25) is 9.59 Å². The molecule has 0 N–H and O–H groups in total. The van der Waals surface area contributed by atoms with Crippen LogP contribution in [0, 0.1) is 17.8 Å². The second-order valence-corrected chi connectivity index (χ2v) is 8.28. The zero-order chi connectivity index (χ0) is 20.3. The molecule has 3 atom stereocenters. The first-order valence-electron chi connectivity index (χ1n) is 10.8. The third-order valence-electron chi connectivity index (χ3n) is 6.22. The van der Waals surface area contributed by atoms with Crippen LogP contribution in [0.4, 0.5) is 8.78 Å². The van der Waals surface area contributed by atoms with Crippen LogP contribution in [0.3, 0.4) is 0 Å². The Bertz CT molecular complexity index is 451. The third kappa shape index (κ3) is 8.69. The number of ether oxygens (including phenoxy) is 1. The molecule has 1 aliphatic carbocycles. The molecule has 0 bridgehead atoms. The van der Waals surface area contributed by atoms with Crippen LogP contribution in [0.5, 0.6) is 0 Å². The third-order valence-corrected chi connectivity index (χ3v) is 6.22. The van der Waals surface area contributed by atoms with Crippen LogP contribution < -0.4 is 0 Å². The van der Waals surface area contributed by atoms with Crippen molar-refractivity contribution in [2.24, 2.45) is 17.8 Å². The van der Waals surface area contributed by atoms with Gasteiger partial charge in [0.2, 0.25) is 5.78 Å². The summed E-state index contributed by atoms with van der Waals surface area (Å²) in [5.41, 5.74) is 0. The lowest BCUT2D eigenvalue weighted by atomic mass is 9.82. The minimum absolute atomic E-state index is 0.0176. The average Bonchev–Trinajstić information content (AvgIpc) is 3.00. The van der Waals surface area contributed by atoms with Gasteiger partial charge in [0.15, 0.2) is 0 Å². The summed E-state index contributed by atoms with van der Waals surface area (Å²) in [6, 6.07) is 0. The molecule has 1 fully saturated rings. The molecule has 0 aromatic heterocycles. The molecule has 0 radical (unpaired) electrons. The fourth-order valence-corrected chi connectivity index (χ4v) is 4.39. The van der Waals surface area contributed by atoms with E-state index in [1.807, 2.05) is 6.92 Å². The summed E-state index contributed by atoms with van der Waals surface area (Å²) in [6.07, 6.45) is 9.25. The van der Waals surface area contributed by atoms with Crippen molar-refractivity contribution in [3.8, 4) is 0 Å². The maximum Gasteiger partial charge on any atom is 0.305 e. The lowest BCUT2D eigenvalue weighted by molar-refractivity contribution is -0.144. The highest BCUT2D eigenvalue weighted by molar-refractivity contribution is 5.85. The van der Waals surface area contributed by atoms with Crippen LogP contribution in [-0.2, 0) is 14.3 Å². The number of carbonyl (C=O) groups excluding carboxylic acids is 2. The molecule has 0 unspecified atom stereocenters. The number of unbranched alkanes of at least 4 members (excludes halogenated alkanes) is 4. The number of halogens is 2. The van der Waals surface area contributed by atoms with Crippen molar-refractivity contribution in [3.05, 3.63) is 0 Å². The van der Waals surface area contributed by atoms with E-state index < -0.39 is 11.7 Å². The summed E-state index contributed by atoms with van der Waals surface area (Å²) < 4.78 is 32.4. The van der Waals surface area contributed by atoms with Crippen molar-refractivity contribution in [1.82, 2.24) is 0 Å². The van der Waals surface area contributed by atoms with Gasteiger partial charge in [-0.2, -0.15) is 8.78 Å². The molecular formula is C22H38F2O3. The minimum Gasteiger partial charge on any atom is -0.469 e. The van der Waals surface area contributed by atoms with Crippen LogP contribution in [0.1, 0.15) is 97.3 Å². The van der Waals surface area contributed by atoms with E-state index in [0.717, 1.165) is 44.9 Å². The Kier molecular flexibility index (Phi) is 11.1. The maximum atomic E-state index is 13.9. The van der Waals surface area contributed by atoms with Crippen LogP contribution in [-0.4, -0.2) is 24.8 Å². The molecule has 158 valence electrons. The van der Waals surface area contributed by atoms with Gasteiger partial charge in [-0.25, -0.2) is 0 Å². The number of hydrogen-bond donors (Lipinski definition) is 0. The van der Waals surface area contributed by atoms with E-state index in [4.69, 9.17) is 0 Å². The van der Waals surface area contributed by atoms with Crippen molar-refractivity contribution in [2.75, 3.05) is 7.11 Å². The SMILES string of the molecule is CCCCC(F)(F)C(=O)CC[C@H]1CC[C@H](C)[C@@H]1CCCCCCC(=O)OC. The van der Waals surface area contributed by atoms with E-state index in [-0.39, 0.29) is 18.8 Å². The second kappa shape index (κ2) is 12.5. The number of Topliss-reactive ketones (excluding diaryl/α,β-unsaturated/α-hetero) is 1. The van der Waals surface area contributed by atoms with Crippen molar-refractivity contribution in [2.45, 2.75) is 103 Å². The molecule has 0 spiro atoms. The van der Waals surface area contributed by atoms with E-state index in [2.05, 4.69) is 11.7 Å². The average molecular weight is 389 g/mol. The van der Waals surface area contributed by atoms with E-state index in [1.54, 1.807) is 0 Å². The molecule has 0 aliphatic heterocycles. The molecule has 1 aliphatic rings. The molecule has 0 heterocycles. The molecular weight excluding hydrogens is 350 g/mol. The number of hydrogen-bond acceptors (Lipinski definition) is 3. The molecule has 1 saturated carbocycles. The van der Waals surface area contributed by atoms with Crippen molar-refractivity contribution in [3.63, 3.8) is 0 Å². The first-order valence-corrected chi connectivity index (χ1v) is 10.8. The van der Waals surface area contributed by atoms with Gasteiger partial charge in [0, 0.05) is 19.3 Å². The largest absolute Gasteiger partial charge is 0.469 e. The van der Waals surface area contributed by atoms with Crippen LogP contribution in [0.2, 0.25) is 0 Å². The normalized spacial score (nSPS) is 22.8. The van der Waals surface area contributed by atoms with Gasteiger partial charge in [-0.1, -0.05) is 46.0 Å². The number of methoxy groups -OCH3 is 1. The van der Waals surface area contributed by atoms with Crippen LogP contribution in [0.25, 0.3) is 0 Å². The molecule has 0 amide bonds. The lowest BCUT2D eigenvalue weighted by Crippen LogP contribution is -2.29. The van der Waals surface area contributed by atoms with Gasteiger partial charge in [0.05, 0.1) is 7.11 Å². The second-order valence-electron chi connectivity index (χ2n) is 8.28. The number of ketones is 1. The van der Waals surface area contributed by atoms with Gasteiger partial charge in [0.1, 0.15) is 0 Å². The van der Waals surface area contributed by atoms with E-state index in [0.29, 0.717) is 43.4 Å². The fraction of sp³-hybridized carbons (Fsp3) is 0.909. The lowest BCUT2D eigenvalue weighted by Gasteiger charge is -2.23. The summed E-state index contributed by atoms with van der Waals surface area (Å²) in [5.74, 6) is -2.60. The van der Waals surface area contributed by atoms with Crippen molar-refractivity contribution in [1.29, 1.82) is 0 Å². The van der Waals surface area contributed by atoms with E-state index in [1.165, 1.54) is 7.11 Å². The summed E-state index contributed by atoms with van der Waals surface area (Å²) in [5, 5.41) is 0. The van der Waals surface area contributed by atoms with Crippen LogP contribution >= 0.6 is 0 Å². The summed E-state index contributed by atoms with van der Waals surface area (Å²) in [4.78, 5) is 23.0. The van der Waals surface area contributed by atoms with Gasteiger partial charge >= 0.3 is 11.9 Å². The molecule has 0 saturated heterocycles. The highest BCUT2D eigenvalue weighted by atomic mass is 19.3. The highest BCUT2D eigenvalue weighted by Gasteiger charge is 2.39. The molecule has 27 heavy (non-hydrogen) atoms. The first-order chi connectivity index (χ1) is 12.8. The Labute approximate surface area is 163 Å². The topological polar surface area (TPSA) is 43.4 Å². The van der Waals surface area contributed by atoms with Gasteiger partial charge in [-0.15, -0.1) is 0 Å². The summed E-state index contributed by atoms with van der Waals surface area (Å²) in [7, 11) is 1.41. The Morgan fingerprint density at radius 2 is 1.70 bits per heavy atom. The predicted molar refractivity (Wildman–Crippen MR) is 104 cm³/mol. The fourth-order valence-electron chi connectivity index (χ4n) is 4.39. The standard InChI is InChI=1S/C22H38F2O3/c1-4-5-16-22(23,24)20(25)15-14-18-13-12-17(2)19(18)10-8-6-7-9-11-21(26)27-3/h17-19H,4-16H2,1-3H3/t17-,18+,19-/m0/s1. The Balaban J connectivity index is 2.32. The molecule has 0 aromatic carbocycles. The Morgan fingerprint density at radius 3 is 2.37 bits per heavy atom. The van der Waals surface area contributed by atoms with Gasteiger partial charge in [0.25, 0.3) is 0 Å². The number of alkyl halides is 2. The molecule has 3 nitrogen and oxygen atoms in total. The zero-order valence-electron chi connectivity index (χ0n) is 17.4. The van der Waals surface area contributed by atoms with Crippen molar-refractivity contribution >= 4 is 11.8 Å². The quantitative estimate of drug-likeness (QED) is 0.258. The Hall–Kier alpha value is -1.00. The first kappa shape index (κ1) is 24.0. The predicted octanol–water partition coefficient (Wildman–Crippen LogP) is 6.34. The van der Waals surface area contributed by atoms with Gasteiger partial charge in [-0.05, 0) is 49.9 Å². The minimum atomic E-state index is -3.14. The number of rotatable bonds is 14. The molecule has 0 aromatic rings. The molecule has 1 rings (SSSR count). The highest BCUT2D eigenvalue weighted by Crippen LogP contribution is 2.42. The Morgan fingerprint density at radius 1 is 1.00 bits per heavy atom. The zero-order valence-corrected chi connectivity index (χ0v) is 17.4. The van der Waals surface area contributed by atoms with Crippen molar-refractivity contribution < 1.29 is 23.1 Å². The van der Waals surface area contributed by atoms with Gasteiger partial charge < -0.3 is 4.74 Å². The smallest absolute Gasteiger partial charge is 0.305 e. The van der Waals surface area contributed by atoms with Crippen LogP contribution in [0.15, 0.2) is 0 Å².